The van der Waals surface area contributed by atoms with Crippen LogP contribution in [0.25, 0.3) is 0 Å². The summed E-state index contributed by atoms with van der Waals surface area (Å²) in [5.41, 5.74) is 1.80. The molecular formula is C13H17NO4. The molecule has 1 aromatic rings. The zero-order chi connectivity index (χ0) is 13.1. The summed E-state index contributed by atoms with van der Waals surface area (Å²) in [7, 11) is 0. The monoisotopic (exact) mass is 251 g/mol. The fourth-order valence-electron chi connectivity index (χ4n) is 2.05. The molecule has 0 aromatic heterocycles. The van der Waals surface area contributed by atoms with E-state index < -0.39 is 6.04 Å². The van der Waals surface area contributed by atoms with Crippen LogP contribution in [0.2, 0.25) is 0 Å². The van der Waals surface area contributed by atoms with Gasteiger partial charge in [0.05, 0.1) is 12.6 Å². The van der Waals surface area contributed by atoms with E-state index in [1.54, 1.807) is 0 Å². The summed E-state index contributed by atoms with van der Waals surface area (Å²) in [5.74, 6) is 1.19. The molecule has 0 saturated heterocycles. The van der Waals surface area contributed by atoms with Gasteiger partial charge in [-0.15, -0.1) is 0 Å². The number of aliphatic hydroxyl groups is 1. The van der Waals surface area contributed by atoms with Crippen molar-refractivity contribution in [2.45, 2.75) is 19.9 Å². The second-order valence-corrected chi connectivity index (χ2v) is 4.29. The lowest BCUT2D eigenvalue weighted by Crippen LogP contribution is -2.29. The van der Waals surface area contributed by atoms with E-state index in [9.17, 15) is 9.90 Å². The number of fused-ring (bicyclic) bond motifs is 1. The van der Waals surface area contributed by atoms with Gasteiger partial charge in [0.25, 0.3) is 0 Å². The molecule has 2 rings (SSSR count). The van der Waals surface area contributed by atoms with Crippen molar-refractivity contribution >= 4 is 5.91 Å². The molecule has 1 amide bonds. The summed E-state index contributed by atoms with van der Waals surface area (Å²) < 4.78 is 11.0. The second kappa shape index (κ2) is 5.27. The lowest BCUT2D eigenvalue weighted by Gasteiger charge is -2.23. The summed E-state index contributed by atoms with van der Waals surface area (Å²) in [5, 5.41) is 12.1. The van der Waals surface area contributed by atoms with Gasteiger partial charge in [-0.3, -0.25) is 4.79 Å². The van der Waals surface area contributed by atoms with Gasteiger partial charge >= 0.3 is 0 Å². The molecule has 0 spiro atoms. The normalized spacial score (nSPS) is 15.1. The Morgan fingerprint density at radius 2 is 2.00 bits per heavy atom. The van der Waals surface area contributed by atoms with E-state index in [2.05, 4.69) is 5.32 Å². The van der Waals surface area contributed by atoms with E-state index in [-0.39, 0.29) is 12.5 Å². The van der Waals surface area contributed by atoms with Gasteiger partial charge in [-0.25, -0.2) is 0 Å². The minimum atomic E-state index is -0.418. The Morgan fingerprint density at radius 3 is 2.56 bits per heavy atom. The highest BCUT2D eigenvalue weighted by atomic mass is 16.6. The average molecular weight is 251 g/mol. The Hall–Kier alpha value is -1.75. The predicted octanol–water partition coefficient (Wildman–Crippen LogP) is 0.936. The number of benzene rings is 1. The highest BCUT2D eigenvalue weighted by Gasteiger charge is 2.19. The van der Waals surface area contributed by atoms with Gasteiger partial charge in [0.1, 0.15) is 13.2 Å². The molecule has 1 aliphatic heterocycles. The van der Waals surface area contributed by atoms with Crippen LogP contribution in [0.1, 0.15) is 24.1 Å². The van der Waals surface area contributed by atoms with Crippen LogP contribution >= 0.6 is 0 Å². The van der Waals surface area contributed by atoms with Gasteiger partial charge in [0, 0.05) is 6.92 Å². The third-order valence-electron chi connectivity index (χ3n) is 2.87. The Balaban J connectivity index is 2.34. The van der Waals surface area contributed by atoms with E-state index in [1.807, 2.05) is 19.1 Å². The zero-order valence-corrected chi connectivity index (χ0v) is 10.5. The molecule has 1 aliphatic rings. The standard InChI is InChI=1S/C13H17NO4/c1-8-5-12-13(18-4-3-17-12)6-10(8)11(7-15)14-9(2)16/h5-6,11,15H,3-4,7H2,1-2H3,(H,14,16). The number of carbonyl (C=O) groups excluding carboxylic acids is 1. The fraction of sp³-hybridized carbons (Fsp3) is 0.462. The van der Waals surface area contributed by atoms with E-state index >= 15 is 0 Å². The first-order valence-corrected chi connectivity index (χ1v) is 5.90. The Bertz CT molecular complexity index is 459. The Kier molecular flexibility index (Phi) is 3.72. The van der Waals surface area contributed by atoms with Crippen molar-refractivity contribution in [3.05, 3.63) is 23.3 Å². The minimum Gasteiger partial charge on any atom is -0.486 e. The number of ether oxygens (including phenoxy) is 2. The molecule has 5 heteroatoms. The Labute approximate surface area is 106 Å². The molecule has 0 saturated carbocycles. The van der Waals surface area contributed by atoms with Crippen LogP contribution in [0.3, 0.4) is 0 Å². The first-order valence-electron chi connectivity index (χ1n) is 5.90. The predicted molar refractivity (Wildman–Crippen MR) is 65.8 cm³/mol. The molecule has 0 aliphatic carbocycles. The molecule has 1 aromatic carbocycles. The van der Waals surface area contributed by atoms with Crippen molar-refractivity contribution in [2.24, 2.45) is 0 Å². The zero-order valence-electron chi connectivity index (χ0n) is 10.5. The summed E-state index contributed by atoms with van der Waals surface area (Å²) >= 11 is 0. The third kappa shape index (κ3) is 2.56. The number of amides is 1. The van der Waals surface area contributed by atoms with E-state index in [4.69, 9.17) is 9.47 Å². The van der Waals surface area contributed by atoms with Gasteiger partial charge in [-0.2, -0.15) is 0 Å². The van der Waals surface area contributed by atoms with Gasteiger partial charge in [-0.05, 0) is 30.2 Å². The minimum absolute atomic E-state index is 0.153. The second-order valence-electron chi connectivity index (χ2n) is 4.29. The van der Waals surface area contributed by atoms with Crippen LogP contribution in [0, 0.1) is 6.92 Å². The number of aryl methyl sites for hydroxylation is 1. The molecule has 2 N–H and O–H groups in total. The molecule has 98 valence electrons. The molecule has 1 atom stereocenters. The van der Waals surface area contributed by atoms with Crippen molar-refractivity contribution in [1.29, 1.82) is 0 Å². The van der Waals surface area contributed by atoms with Gasteiger partial charge in [0.15, 0.2) is 11.5 Å². The van der Waals surface area contributed by atoms with Crippen LogP contribution in [0.5, 0.6) is 11.5 Å². The molecular weight excluding hydrogens is 234 g/mol. The molecule has 1 unspecified atom stereocenters. The van der Waals surface area contributed by atoms with Crippen molar-refractivity contribution in [2.75, 3.05) is 19.8 Å². The van der Waals surface area contributed by atoms with Gasteiger partial charge in [-0.1, -0.05) is 0 Å². The van der Waals surface area contributed by atoms with Gasteiger partial charge in [0.2, 0.25) is 5.91 Å². The molecule has 18 heavy (non-hydrogen) atoms. The number of hydrogen-bond acceptors (Lipinski definition) is 4. The van der Waals surface area contributed by atoms with Crippen LogP contribution < -0.4 is 14.8 Å². The largest absolute Gasteiger partial charge is 0.486 e. The highest BCUT2D eigenvalue weighted by Crippen LogP contribution is 2.35. The number of carbonyl (C=O) groups is 1. The average Bonchev–Trinajstić information content (AvgIpc) is 2.35. The summed E-state index contributed by atoms with van der Waals surface area (Å²) in [4.78, 5) is 11.1. The van der Waals surface area contributed by atoms with Crippen molar-refractivity contribution in [1.82, 2.24) is 5.32 Å². The van der Waals surface area contributed by atoms with Gasteiger partial charge < -0.3 is 19.9 Å². The first-order chi connectivity index (χ1) is 8.61. The summed E-state index contributed by atoms with van der Waals surface area (Å²) in [6.07, 6.45) is 0. The number of aliphatic hydroxyl groups excluding tert-OH is 1. The van der Waals surface area contributed by atoms with Crippen LogP contribution in [-0.2, 0) is 4.79 Å². The number of hydrogen-bond donors (Lipinski definition) is 2. The van der Waals surface area contributed by atoms with Crippen LogP contribution in [-0.4, -0.2) is 30.8 Å². The third-order valence-corrected chi connectivity index (χ3v) is 2.87. The quantitative estimate of drug-likeness (QED) is 0.838. The maximum Gasteiger partial charge on any atom is 0.217 e. The Morgan fingerprint density at radius 1 is 1.39 bits per heavy atom. The SMILES string of the molecule is CC(=O)NC(CO)c1cc2c(cc1C)OCCO2. The van der Waals surface area contributed by atoms with E-state index in [1.165, 1.54) is 6.92 Å². The van der Waals surface area contributed by atoms with Crippen molar-refractivity contribution in [3.63, 3.8) is 0 Å². The van der Waals surface area contributed by atoms with E-state index in [0.717, 1.165) is 11.1 Å². The topological polar surface area (TPSA) is 67.8 Å². The van der Waals surface area contributed by atoms with Crippen LogP contribution in [0.15, 0.2) is 12.1 Å². The molecule has 1 heterocycles. The molecule has 5 nitrogen and oxygen atoms in total. The van der Waals surface area contributed by atoms with Crippen LogP contribution in [0.4, 0.5) is 0 Å². The lowest BCUT2D eigenvalue weighted by atomic mass is 10.0. The summed E-state index contributed by atoms with van der Waals surface area (Å²) in [6.45, 7) is 4.24. The smallest absolute Gasteiger partial charge is 0.217 e. The maximum absolute atomic E-state index is 11.1. The number of rotatable bonds is 3. The highest BCUT2D eigenvalue weighted by molar-refractivity contribution is 5.73. The fourth-order valence-corrected chi connectivity index (χ4v) is 2.05. The summed E-state index contributed by atoms with van der Waals surface area (Å²) in [6, 6.07) is 3.27. The first kappa shape index (κ1) is 12.7. The molecule has 0 bridgehead atoms. The molecule has 0 radical (unpaired) electrons. The van der Waals surface area contributed by atoms with E-state index in [0.29, 0.717) is 24.7 Å². The number of nitrogens with one attached hydrogen (secondary N) is 1. The lowest BCUT2D eigenvalue weighted by molar-refractivity contribution is -0.120. The van der Waals surface area contributed by atoms with Crippen molar-refractivity contribution < 1.29 is 19.4 Å². The van der Waals surface area contributed by atoms with Crippen molar-refractivity contribution in [3.8, 4) is 11.5 Å². The maximum atomic E-state index is 11.1. The molecule has 0 fully saturated rings.